The molecule has 0 aromatic carbocycles. The molecule has 2 heteroatoms. The van der Waals surface area contributed by atoms with Crippen molar-refractivity contribution in [3.63, 3.8) is 0 Å². The Hall–Kier alpha value is -0.0800. The number of hydrogen-bond acceptors (Lipinski definition) is 2. The lowest BCUT2D eigenvalue weighted by Gasteiger charge is -2.41. The normalized spacial score (nSPS) is 28.7. The number of hydrogen-bond donors (Lipinski definition) is 2. The molecule has 0 radical (unpaired) electrons. The van der Waals surface area contributed by atoms with Crippen molar-refractivity contribution in [3.8, 4) is 0 Å². The van der Waals surface area contributed by atoms with Crippen LogP contribution in [0.15, 0.2) is 0 Å². The summed E-state index contributed by atoms with van der Waals surface area (Å²) in [5.41, 5.74) is -0.0393. The lowest BCUT2D eigenvalue weighted by atomic mass is 9.75. The maximum absolute atomic E-state index is 9.73. The Morgan fingerprint density at radius 2 is 1.81 bits per heavy atom. The van der Waals surface area contributed by atoms with Crippen molar-refractivity contribution in [1.82, 2.24) is 5.32 Å². The molecule has 0 amide bonds. The molecule has 2 unspecified atom stereocenters. The molecular formula is C14H27NO. The Labute approximate surface area is 99.8 Å². The summed E-state index contributed by atoms with van der Waals surface area (Å²) in [6.45, 7) is 4.80. The van der Waals surface area contributed by atoms with E-state index in [0.717, 1.165) is 5.92 Å². The van der Waals surface area contributed by atoms with Gasteiger partial charge in [0, 0.05) is 11.6 Å². The summed E-state index contributed by atoms with van der Waals surface area (Å²) in [6, 6.07) is 0.582. The summed E-state index contributed by atoms with van der Waals surface area (Å²) in [5, 5.41) is 13.5. The monoisotopic (exact) mass is 225 g/mol. The summed E-state index contributed by atoms with van der Waals surface area (Å²) >= 11 is 0. The third-order valence-corrected chi connectivity index (χ3v) is 4.72. The molecule has 0 bridgehead atoms. The van der Waals surface area contributed by atoms with Crippen LogP contribution in [-0.2, 0) is 0 Å². The second kappa shape index (κ2) is 5.05. The lowest BCUT2D eigenvalue weighted by molar-refractivity contribution is 0.0833. The molecule has 2 aliphatic rings. The highest BCUT2D eigenvalue weighted by atomic mass is 16.3. The second-order valence-corrected chi connectivity index (χ2v) is 6.18. The molecule has 2 rings (SSSR count). The average Bonchev–Trinajstić information content (AvgIpc) is 3.14. The van der Waals surface area contributed by atoms with Gasteiger partial charge in [-0.15, -0.1) is 0 Å². The standard InChI is InChI=1S/C14H27NO/c1-11(12-8-9-12)15-14(2,10-16)13-6-4-3-5-7-13/h11-13,15-16H,3-10H2,1-2H3. The van der Waals surface area contributed by atoms with Gasteiger partial charge in [0.15, 0.2) is 0 Å². The zero-order chi connectivity index (χ0) is 11.6. The number of aliphatic hydroxyl groups excluding tert-OH is 1. The fraction of sp³-hybridized carbons (Fsp3) is 1.00. The van der Waals surface area contributed by atoms with Crippen molar-refractivity contribution in [2.24, 2.45) is 11.8 Å². The van der Waals surface area contributed by atoms with Crippen molar-refractivity contribution >= 4 is 0 Å². The highest BCUT2D eigenvalue weighted by molar-refractivity contribution is 4.96. The van der Waals surface area contributed by atoms with Crippen LogP contribution < -0.4 is 5.32 Å². The molecule has 2 saturated carbocycles. The fourth-order valence-electron chi connectivity index (χ4n) is 3.27. The molecule has 2 aliphatic carbocycles. The van der Waals surface area contributed by atoms with E-state index in [2.05, 4.69) is 19.2 Å². The van der Waals surface area contributed by atoms with Crippen molar-refractivity contribution in [1.29, 1.82) is 0 Å². The minimum absolute atomic E-state index is 0.0393. The van der Waals surface area contributed by atoms with Gasteiger partial charge >= 0.3 is 0 Å². The van der Waals surface area contributed by atoms with Gasteiger partial charge in [-0.25, -0.2) is 0 Å². The van der Waals surface area contributed by atoms with E-state index in [1.54, 1.807) is 0 Å². The molecule has 0 aromatic rings. The first-order chi connectivity index (χ1) is 7.65. The van der Waals surface area contributed by atoms with E-state index in [1.165, 1.54) is 44.9 Å². The lowest BCUT2D eigenvalue weighted by Crippen LogP contribution is -2.56. The Balaban J connectivity index is 1.92. The van der Waals surface area contributed by atoms with E-state index in [9.17, 15) is 5.11 Å². The molecule has 2 N–H and O–H groups in total. The molecule has 2 atom stereocenters. The first-order valence-corrected chi connectivity index (χ1v) is 7.04. The van der Waals surface area contributed by atoms with E-state index in [4.69, 9.17) is 0 Å². The first kappa shape index (κ1) is 12.4. The van der Waals surface area contributed by atoms with Gasteiger partial charge in [-0.2, -0.15) is 0 Å². The van der Waals surface area contributed by atoms with Gasteiger partial charge in [0.25, 0.3) is 0 Å². The molecule has 0 saturated heterocycles. The minimum Gasteiger partial charge on any atom is -0.394 e. The highest BCUT2D eigenvalue weighted by Gasteiger charge is 2.38. The van der Waals surface area contributed by atoms with E-state index in [1.807, 2.05) is 0 Å². The summed E-state index contributed by atoms with van der Waals surface area (Å²) in [5.74, 6) is 1.54. The smallest absolute Gasteiger partial charge is 0.0613 e. The largest absolute Gasteiger partial charge is 0.394 e. The molecule has 0 aromatic heterocycles. The topological polar surface area (TPSA) is 32.3 Å². The number of rotatable bonds is 5. The van der Waals surface area contributed by atoms with E-state index in [0.29, 0.717) is 12.0 Å². The van der Waals surface area contributed by atoms with Gasteiger partial charge < -0.3 is 10.4 Å². The van der Waals surface area contributed by atoms with Crippen LogP contribution in [0, 0.1) is 11.8 Å². The first-order valence-electron chi connectivity index (χ1n) is 7.04. The third-order valence-electron chi connectivity index (χ3n) is 4.72. The Kier molecular flexibility index (Phi) is 3.91. The predicted molar refractivity (Wildman–Crippen MR) is 67.4 cm³/mol. The average molecular weight is 225 g/mol. The molecule has 16 heavy (non-hydrogen) atoms. The van der Waals surface area contributed by atoms with Crippen molar-refractivity contribution < 1.29 is 5.11 Å². The minimum atomic E-state index is -0.0393. The zero-order valence-corrected chi connectivity index (χ0v) is 10.8. The van der Waals surface area contributed by atoms with Gasteiger partial charge in [-0.1, -0.05) is 19.3 Å². The zero-order valence-electron chi connectivity index (χ0n) is 10.8. The SMILES string of the molecule is CC(NC(C)(CO)C1CCCCC1)C1CC1. The van der Waals surface area contributed by atoms with Gasteiger partial charge in [0.05, 0.1) is 6.61 Å². The molecule has 2 fully saturated rings. The van der Waals surface area contributed by atoms with Gasteiger partial charge in [0.1, 0.15) is 0 Å². The van der Waals surface area contributed by atoms with Gasteiger partial charge in [-0.3, -0.25) is 0 Å². The highest BCUT2D eigenvalue weighted by Crippen LogP contribution is 2.37. The second-order valence-electron chi connectivity index (χ2n) is 6.18. The molecule has 0 aliphatic heterocycles. The van der Waals surface area contributed by atoms with E-state index < -0.39 is 0 Å². The number of nitrogens with one attached hydrogen (secondary N) is 1. The van der Waals surface area contributed by atoms with Crippen LogP contribution in [0.4, 0.5) is 0 Å². The van der Waals surface area contributed by atoms with Crippen LogP contribution >= 0.6 is 0 Å². The van der Waals surface area contributed by atoms with Crippen LogP contribution in [0.25, 0.3) is 0 Å². The van der Waals surface area contributed by atoms with E-state index in [-0.39, 0.29) is 12.1 Å². The summed E-state index contributed by atoms with van der Waals surface area (Å²) in [7, 11) is 0. The predicted octanol–water partition coefficient (Wildman–Crippen LogP) is 2.71. The Morgan fingerprint density at radius 1 is 1.19 bits per heavy atom. The molecule has 0 spiro atoms. The molecule has 94 valence electrons. The fourth-order valence-corrected chi connectivity index (χ4v) is 3.27. The van der Waals surface area contributed by atoms with Crippen LogP contribution in [0.2, 0.25) is 0 Å². The van der Waals surface area contributed by atoms with Crippen molar-refractivity contribution in [2.75, 3.05) is 6.61 Å². The maximum Gasteiger partial charge on any atom is 0.0613 e. The van der Waals surface area contributed by atoms with Crippen molar-refractivity contribution in [2.45, 2.75) is 70.4 Å². The maximum atomic E-state index is 9.73. The Bertz CT molecular complexity index is 221. The summed E-state index contributed by atoms with van der Waals surface area (Å²) in [4.78, 5) is 0. The molecular weight excluding hydrogens is 198 g/mol. The summed E-state index contributed by atoms with van der Waals surface area (Å²) in [6.07, 6.45) is 9.42. The molecule has 2 nitrogen and oxygen atoms in total. The molecule has 0 heterocycles. The third kappa shape index (κ3) is 2.78. The van der Waals surface area contributed by atoms with Crippen LogP contribution in [-0.4, -0.2) is 23.3 Å². The van der Waals surface area contributed by atoms with Crippen LogP contribution in [0.5, 0.6) is 0 Å². The van der Waals surface area contributed by atoms with Crippen LogP contribution in [0.1, 0.15) is 58.8 Å². The quantitative estimate of drug-likeness (QED) is 0.754. The number of aliphatic hydroxyl groups is 1. The summed E-state index contributed by atoms with van der Waals surface area (Å²) < 4.78 is 0. The van der Waals surface area contributed by atoms with Gasteiger partial charge in [-0.05, 0) is 51.4 Å². The van der Waals surface area contributed by atoms with Gasteiger partial charge in [0.2, 0.25) is 0 Å². The van der Waals surface area contributed by atoms with Crippen LogP contribution in [0.3, 0.4) is 0 Å². The van der Waals surface area contributed by atoms with Crippen molar-refractivity contribution in [3.05, 3.63) is 0 Å². The van der Waals surface area contributed by atoms with E-state index >= 15 is 0 Å². The Morgan fingerprint density at radius 3 is 2.31 bits per heavy atom.